The second-order valence-corrected chi connectivity index (χ2v) is 12.6. The van der Waals surface area contributed by atoms with Crippen LogP contribution >= 0.6 is 9.24 Å². The number of benzene rings is 4. The van der Waals surface area contributed by atoms with E-state index in [1.165, 1.54) is 25.4 Å². The molecule has 1 aromatic heterocycles. The first-order valence-electron chi connectivity index (χ1n) is 15.8. The number of carbonyl (C=O) groups is 1. The van der Waals surface area contributed by atoms with Crippen molar-refractivity contribution in [3.63, 3.8) is 0 Å². The fourth-order valence-corrected chi connectivity index (χ4v) is 6.78. The Morgan fingerprint density at radius 2 is 1.32 bits per heavy atom. The Hall–Kier alpha value is -4.90. The molecule has 258 valence electrons. The maximum absolute atomic E-state index is 13.8. The number of hydrogen-bond donors (Lipinski definition) is 1. The highest BCUT2D eigenvalue weighted by Crippen LogP contribution is 2.46. The number of methoxy groups -OCH3 is 3. The quantitative estimate of drug-likeness (QED) is 0.160. The molecule has 5 aromatic rings. The molecule has 5 atom stereocenters. The molecule has 0 spiro atoms. The van der Waals surface area contributed by atoms with Crippen molar-refractivity contribution in [1.29, 1.82) is 0 Å². The Morgan fingerprint density at radius 3 is 1.84 bits per heavy atom. The van der Waals surface area contributed by atoms with Crippen LogP contribution < -0.4 is 20.7 Å². The standard InChI is InChI=1S/C38H37N2O9P/c1-45-29-18-14-27(15-19-29)37(26-12-8-5-9-13-26,28-16-20-30(46-2)21-17-28)48-24-31-38(44,50)33(47-3)35(49-31)39-23-22-32(41)40(36(39)43)34(42)25-10-6-4-7-11-25/h4-23,31,33,35,44H,24,50H2,1-3H3/t31-,33+,35-,38+/m1/s1. The predicted octanol–water partition coefficient (Wildman–Crippen LogP) is 4.20. The van der Waals surface area contributed by atoms with Crippen LogP contribution in [-0.4, -0.2) is 65.6 Å². The molecular weight excluding hydrogens is 659 g/mol. The molecule has 6 rings (SSSR count). The van der Waals surface area contributed by atoms with Gasteiger partial charge in [-0.2, -0.15) is 4.57 Å². The van der Waals surface area contributed by atoms with Crippen molar-refractivity contribution in [3.8, 4) is 11.5 Å². The molecule has 12 heteroatoms. The summed E-state index contributed by atoms with van der Waals surface area (Å²) >= 11 is 0. The van der Waals surface area contributed by atoms with Crippen LogP contribution in [0.1, 0.15) is 33.3 Å². The van der Waals surface area contributed by atoms with Crippen LogP contribution in [0, 0.1) is 0 Å². The van der Waals surface area contributed by atoms with E-state index < -0.39 is 46.5 Å². The van der Waals surface area contributed by atoms with E-state index in [0.717, 1.165) is 27.3 Å². The molecule has 2 heterocycles. The van der Waals surface area contributed by atoms with Gasteiger partial charge in [-0.25, -0.2) is 4.79 Å². The van der Waals surface area contributed by atoms with Crippen LogP contribution in [0.3, 0.4) is 0 Å². The van der Waals surface area contributed by atoms with E-state index in [0.29, 0.717) is 16.1 Å². The number of carbonyl (C=O) groups excluding carboxylic acids is 1. The number of ether oxygens (including phenoxy) is 5. The minimum atomic E-state index is -1.79. The molecule has 0 amide bonds. The van der Waals surface area contributed by atoms with Crippen LogP contribution in [0.2, 0.25) is 0 Å². The van der Waals surface area contributed by atoms with Gasteiger partial charge in [0.15, 0.2) is 6.23 Å². The zero-order chi connectivity index (χ0) is 35.5. The maximum Gasteiger partial charge on any atom is 0.340 e. The summed E-state index contributed by atoms with van der Waals surface area (Å²) in [5.41, 5.74) is -0.497. The van der Waals surface area contributed by atoms with Gasteiger partial charge in [-0.1, -0.05) is 82.0 Å². The summed E-state index contributed by atoms with van der Waals surface area (Å²) < 4.78 is 31.5. The van der Waals surface area contributed by atoms with Crippen LogP contribution in [-0.2, 0) is 19.8 Å². The number of aliphatic hydroxyl groups is 1. The summed E-state index contributed by atoms with van der Waals surface area (Å²) in [5, 5.41) is 10.2. The van der Waals surface area contributed by atoms with E-state index in [4.69, 9.17) is 23.7 Å². The smallest absolute Gasteiger partial charge is 0.340 e. The van der Waals surface area contributed by atoms with Gasteiger partial charge in [-0.05, 0) is 53.1 Å². The molecule has 11 nitrogen and oxygen atoms in total. The summed E-state index contributed by atoms with van der Waals surface area (Å²) in [6.45, 7) is -0.194. The van der Waals surface area contributed by atoms with E-state index in [9.17, 15) is 19.5 Å². The predicted molar refractivity (Wildman–Crippen MR) is 189 cm³/mol. The van der Waals surface area contributed by atoms with Gasteiger partial charge in [-0.3, -0.25) is 14.2 Å². The third-order valence-corrected chi connectivity index (χ3v) is 9.62. The lowest BCUT2D eigenvalue weighted by Crippen LogP contribution is -2.48. The summed E-state index contributed by atoms with van der Waals surface area (Å²) in [7, 11) is 6.93. The van der Waals surface area contributed by atoms with Crippen molar-refractivity contribution in [3.05, 3.63) is 165 Å². The van der Waals surface area contributed by atoms with E-state index in [1.54, 1.807) is 32.4 Å². The number of nitrogens with zero attached hydrogens (tertiary/aromatic N) is 2. The molecule has 1 saturated heterocycles. The van der Waals surface area contributed by atoms with E-state index >= 15 is 0 Å². The molecule has 1 aliphatic rings. The van der Waals surface area contributed by atoms with Crippen molar-refractivity contribution >= 4 is 15.1 Å². The van der Waals surface area contributed by atoms with Gasteiger partial charge in [0.05, 0.1) is 20.8 Å². The Kier molecular flexibility index (Phi) is 10.2. The van der Waals surface area contributed by atoms with Gasteiger partial charge in [0.2, 0.25) is 0 Å². The van der Waals surface area contributed by atoms with Crippen molar-refractivity contribution in [2.24, 2.45) is 0 Å². The van der Waals surface area contributed by atoms with Crippen LogP contribution in [0.4, 0.5) is 0 Å². The summed E-state index contributed by atoms with van der Waals surface area (Å²) in [4.78, 5) is 39.9. The molecule has 1 fully saturated rings. The molecule has 0 saturated carbocycles. The summed E-state index contributed by atoms with van der Waals surface area (Å²) in [6.07, 6.45) is -2.24. The lowest BCUT2D eigenvalue weighted by atomic mass is 9.80. The van der Waals surface area contributed by atoms with Gasteiger partial charge in [0, 0.05) is 24.9 Å². The second kappa shape index (κ2) is 14.5. The molecule has 0 aliphatic carbocycles. The van der Waals surface area contributed by atoms with Crippen molar-refractivity contribution in [2.75, 3.05) is 27.9 Å². The zero-order valence-electron chi connectivity index (χ0n) is 27.7. The fourth-order valence-electron chi connectivity index (χ4n) is 6.31. The first-order valence-corrected chi connectivity index (χ1v) is 16.4. The highest BCUT2D eigenvalue weighted by Gasteiger charge is 2.55. The van der Waals surface area contributed by atoms with Crippen molar-refractivity contribution < 1.29 is 33.6 Å². The lowest BCUT2D eigenvalue weighted by molar-refractivity contribution is -0.101. The molecule has 1 N–H and O–H groups in total. The van der Waals surface area contributed by atoms with Gasteiger partial charge < -0.3 is 28.8 Å². The Labute approximate surface area is 290 Å². The van der Waals surface area contributed by atoms with Gasteiger partial charge in [-0.15, -0.1) is 0 Å². The molecule has 1 unspecified atom stereocenters. The first-order chi connectivity index (χ1) is 24.1. The van der Waals surface area contributed by atoms with E-state index in [-0.39, 0.29) is 12.2 Å². The minimum Gasteiger partial charge on any atom is -0.497 e. The lowest BCUT2D eigenvalue weighted by Gasteiger charge is -2.38. The van der Waals surface area contributed by atoms with Crippen molar-refractivity contribution in [1.82, 2.24) is 9.13 Å². The monoisotopic (exact) mass is 696 g/mol. The molecule has 50 heavy (non-hydrogen) atoms. The maximum atomic E-state index is 13.8. The van der Waals surface area contributed by atoms with Crippen molar-refractivity contribution in [2.45, 2.75) is 29.4 Å². The van der Waals surface area contributed by atoms with Crippen LogP contribution in [0.15, 0.2) is 131 Å². The topological polar surface area (TPSA) is 127 Å². The first kappa shape index (κ1) is 34.9. The Bertz CT molecular complexity index is 2000. The second-order valence-electron chi connectivity index (χ2n) is 11.7. The summed E-state index contributed by atoms with van der Waals surface area (Å²) in [6, 6.07) is 33.7. The van der Waals surface area contributed by atoms with Crippen LogP contribution in [0.25, 0.3) is 0 Å². The molecule has 0 bridgehead atoms. The zero-order valence-corrected chi connectivity index (χ0v) is 28.8. The highest BCUT2D eigenvalue weighted by atomic mass is 31.0. The van der Waals surface area contributed by atoms with E-state index in [2.05, 4.69) is 9.24 Å². The molecule has 0 radical (unpaired) electrons. The third-order valence-electron chi connectivity index (χ3n) is 8.92. The minimum absolute atomic E-state index is 0.156. The Balaban J connectivity index is 1.41. The average molecular weight is 697 g/mol. The molecular formula is C38H37N2O9P. The number of hydrogen-bond acceptors (Lipinski definition) is 9. The normalized spacial score (nSPS) is 20.4. The third kappa shape index (κ3) is 6.30. The SMILES string of the molecule is COc1ccc(C(OC[C@H]2O[C@@H](n3ccc(=O)n(C(=O)c4ccccc4)c3=O)[C@H](OC)[C@@]2(O)P)(c2ccccc2)c2ccc(OC)cc2)cc1. The molecule has 4 aromatic carbocycles. The number of rotatable bonds is 11. The van der Waals surface area contributed by atoms with Gasteiger partial charge in [0.1, 0.15) is 34.7 Å². The summed E-state index contributed by atoms with van der Waals surface area (Å²) in [5.74, 6) is 0.522. The van der Waals surface area contributed by atoms with Gasteiger partial charge >= 0.3 is 5.69 Å². The Morgan fingerprint density at radius 1 is 0.800 bits per heavy atom. The number of aromatic nitrogens is 2. The average Bonchev–Trinajstić information content (AvgIpc) is 3.41. The van der Waals surface area contributed by atoms with Gasteiger partial charge in [0.25, 0.3) is 11.5 Å². The fraction of sp³-hybridized carbons (Fsp3) is 0.237. The highest BCUT2D eigenvalue weighted by molar-refractivity contribution is 7.18. The van der Waals surface area contributed by atoms with E-state index in [1.807, 2.05) is 78.9 Å². The largest absolute Gasteiger partial charge is 0.497 e. The van der Waals surface area contributed by atoms with Crippen LogP contribution in [0.5, 0.6) is 11.5 Å². The molecule has 1 aliphatic heterocycles.